The molecule has 0 aliphatic carbocycles. The Morgan fingerprint density at radius 3 is 2.80 bits per heavy atom. The lowest BCUT2D eigenvalue weighted by molar-refractivity contribution is -0.137. The third kappa shape index (κ3) is 6.35. The maximum Gasteiger partial charge on any atom is 0.304 e. The summed E-state index contributed by atoms with van der Waals surface area (Å²) in [4.78, 5) is 25.9. The van der Waals surface area contributed by atoms with Gasteiger partial charge in [0.15, 0.2) is 0 Å². The van der Waals surface area contributed by atoms with Gasteiger partial charge >= 0.3 is 5.97 Å². The van der Waals surface area contributed by atoms with Crippen molar-refractivity contribution in [2.45, 2.75) is 50.9 Å². The molecular formula is C27H29ClN4O2S. The number of nitrogens with zero attached hydrogens (tertiary/aromatic N) is 3. The summed E-state index contributed by atoms with van der Waals surface area (Å²) in [5, 5.41) is 17.1. The summed E-state index contributed by atoms with van der Waals surface area (Å²) in [5.74, 6) is 0.0266. The molecule has 5 rings (SSSR count). The first-order chi connectivity index (χ1) is 16.6. The minimum absolute atomic E-state index is 0. The first-order valence-corrected chi connectivity index (χ1v) is 12.8. The second kappa shape index (κ2) is 11.6. The predicted molar refractivity (Wildman–Crippen MR) is 143 cm³/mol. The number of rotatable bonds is 9. The minimum Gasteiger partial charge on any atom is -0.481 e. The van der Waals surface area contributed by atoms with Crippen molar-refractivity contribution < 1.29 is 9.90 Å². The number of aryl methyl sites for hydroxylation is 3. The van der Waals surface area contributed by atoms with E-state index in [-0.39, 0.29) is 24.7 Å². The molecule has 6 nitrogen and oxygen atoms in total. The molecular weight excluding hydrogens is 480 g/mol. The number of halogens is 1. The van der Waals surface area contributed by atoms with Crippen molar-refractivity contribution in [1.29, 1.82) is 0 Å². The Labute approximate surface area is 215 Å². The molecule has 8 heteroatoms. The lowest BCUT2D eigenvalue weighted by Crippen LogP contribution is -2.14. The third-order valence-electron chi connectivity index (χ3n) is 6.29. The number of anilines is 1. The molecule has 0 amide bonds. The molecule has 0 radical (unpaired) electrons. The minimum atomic E-state index is -0.817. The number of thiazole rings is 1. The van der Waals surface area contributed by atoms with E-state index in [2.05, 4.69) is 22.8 Å². The third-order valence-corrected chi connectivity index (χ3v) is 7.25. The zero-order valence-corrected chi connectivity index (χ0v) is 21.1. The monoisotopic (exact) mass is 508 g/mol. The van der Waals surface area contributed by atoms with Crippen LogP contribution in [-0.4, -0.2) is 32.6 Å². The van der Waals surface area contributed by atoms with E-state index in [0.29, 0.717) is 6.42 Å². The molecule has 1 unspecified atom stereocenters. The number of carbonyl (C=O) groups is 1. The van der Waals surface area contributed by atoms with Crippen LogP contribution in [0.1, 0.15) is 52.8 Å². The number of nitrogens with one attached hydrogen (secondary N) is 1. The molecule has 182 valence electrons. The van der Waals surface area contributed by atoms with Crippen LogP contribution in [0, 0.1) is 0 Å². The molecule has 0 saturated carbocycles. The molecule has 1 aliphatic rings. The van der Waals surface area contributed by atoms with Gasteiger partial charge in [0.2, 0.25) is 0 Å². The van der Waals surface area contributed by atoms with Crippen molar-refractivity contribution in [3.05, 3.63) is 81.6 Å². The normalized spacial score (nSPS) is 13.5. The number of aromatic nitrogens is 3. The number of aliphatic carboxylic acids is 1. The van der Waals surface area contributed by atoms with E-state index in [4.69, 9.17) is 15.0 Å². The van der Waals surface area contributed by atoms with Crippen molar-refractivity contribution in [1.82, 2.24) is 15.0 Å². The summed E-state index contributed by atoms with van der Waals surface area (Å²) < 4.78 is 0. The Hall–Kier alpha value is -3.03. The quantitative estimate of drug-likeness (QED) is 0.295. The molecule has 1 atom stereocenters. The van der Waals surface area contributed by atoms with Crippen molar-refractivity contribution in [2.75, 3.05) is 11.9 Å². The second-order valence-electron chi connectivity index (χ2n) is 8.85. The van der Waals surface area contributed by atoms with Gasteiger partial charge in [0, 0.05) is 34.6 Å². The maximum absolute atomic E-state index is 11.6. The topological polar surface area (TPSA) is 88.0 Å². The summed E-state index contributed by atoms with van der Waals surface area (Å²) in [6, 6.07) is 16.2. The zero-order valence-electron chi connectivity index (χ0n) is 19.4. The molecule has 0 bridgehead atoms. The fourth-order valence-corrected chi connectivity index (χ4v) is 5.39. The van der Waals surface area contributed by atoms with E-state index in [9.17, 15) is 9.90 Å². The first kappa shape index (κ1) is 25.1. The molecule has 1 aromatic carbocycles. The molecule has 0 saturated heterocycles. The van der Waals surface area contributed by atoms with Gasteiger partial charge in [0.1, 0.15) is 5.82 Å². The van der Waals surface area contributed by atoms with Crippen LogP contribution in [0.2, 0.25) is 0 Å². The van der Waals surface area contributed by atoms with E-state index in [1.165, 1.54) is 12.0 Å². The Kier molecular flexibility index (Phi) is 8.31. The summed E-state index contributed by atoms with van der Waals surface area (Å²) in [6.45, 7) is 1.00. The highest BCUT2D eigenvalue weighted by molar-refractivity contribution is 7.09. The Morgan fingerprint density at radius 2 is 1.91 bits per heavy atom. The SMILES string of the molecule is Cl.O=C(O)CC(Cc1csc(CCCc2ccc3c(n2)NCCC3)n1)c1ccc2ccccc2n1. The largest absolute Gasteiger partial charge is 0.481 e. The highest BCUT2D eigenvalue weighted by Gasteiger charge is 2.20. The lowest BCUT2D eigenvalue weighted by atomic mass is 9.95. The van der Waals surface area contributed by atoms with Gasteiger partial charge in [0.05, 0.1) is 22.6 Å². The van der Waals surface area contributed by atoms with Crippen LogP contribution in [-0.2, 0) is 30.5 Å². The molecule has 4 aromatic rings. The van der Waals surface area contributed by atoms with E-state index >= 15 is 0 Å². The fraction of sp³-hybridized carbons (Fsp3) is 0.333. The predicted octanol–water partition coefficient (Wildman–Crippen LogP) is 5.84. The smallest absolute Gasteiger partial charge is 0.304 e. The van der Waals surface area contributed by atoms with Gasteiger partial charge in [-0.05, 0) is 62.3 Å². The average molecular weight is 509 g/mol. The van der Waals surface area contributed by atoms with E-state index in [1.54, 1.807) is 11.3 Å². The molecule has 1 aliphatic heterocycles. The molecule has 0 fully saturated rings. The Bertz CT molecular complexity index is 1310. The number of para-hydroxylation sites is 1. The first-order valence-electron chi connectivity index (χ1n) is 11.9. The summed E-state index contributed by atoms with van der Waals surface area (Å²) in [6.07, 6.45) is 5.70. The van der Waals surface area contributed by atoms with Crippen molar-refractivity contribution in [3.8, 4) is 0 Å². The highest BCUT2D eigenvalue weighted by Crippen LogP contribution is 2.27. The van der Waals surface area contributed by atoms with Crippen molar-refractivity contribution >= 4 is 46.4 Å². The second-order valence-corrected chi connectivity index (χ2v) is 9.80. The number of benzene rings is 1. The Balaban J connectivity index is 0.00000289. The standard InChI is InChI=1S/C27H28N4O2S.ClH/c32-26(33)16-20(24-13-11-18-5-1-2-8-23(18)31-24)15-22-17-34-25(29-22)9-3-7-21-12-10-19-6-4-14-28-27(19)30-21;/h1-2,5,8,10-13,17,20H,3-4,6-7,9,14-16H2,(H,28,30)(H,32,33);1H. The van der Waals surface area contributed by atoms with E-state index < -0.39 is 5.97 Å². The van der Waals surface area contributed by atoms with Crippen molar-refractivity contribution in [2.24, 2.45) is 0 Å². The lowest BCUT2D eigenvalue weighted by Gasteiger charge is -2.17. The average Bonchev–Trinajstić information content (AvgIpc) is 3.30. The number of hydrogen-bond acceptors (Lipinski definition) is 6. The van der Waals surface area contributed by atoms with Gasteiger partial charge < -0.3 is 10.4 Å². The summed E-state index contributed by atoms with van der Waals surface area (Å²) in [7, 11) is 0. The van der Waals surface area contributed by atoms with Gasteiger partial charge in [-0.15, -0.1) is 23.7 Å². The molecule has 35 heavy (non-hydrogen) atoms. The van der Waals surface area contributed by atoms with Crippen LogP contribution >= 0.6 is 23.7 Å². The van der Waals surface area contributed by atoms with Crippen LogP contribution in [0.15, 0.2) is 53.9 Å². The molecule has 0 spiro atoms. The van der Waals surface area contributed by atoms with Gasteiger partial charge in [-0.2, -0.15) is 0 Å². The van der Waals surface area contributed by atoms with Crippen LogP contribution in [0.5, 0.6) is 0 Å². The number of carboxylic acid groups (broad SMARTS) is 1. The van der Waals surface area contributed by atoms with Gasteiger partial charge in [0.25, 0.3) is 0 Å². The van der Waals surface area contributed by atoms with Gasteiger partial charge in [-0.3, -0.25) is 9.78 Å². The van der Waals surface area contributed by atoms with Crippen LogP contribution in [0.25, 0.3) is 10.9 Å². The maximum atomic E-state index is 11.6. The van der Waals surface area contributed by atoms with Gasteiger partial charge in [-0.25, -0.2) is 9.97 Å². The molecule has 4 heterocycles. The number of hydrogen-bond donors (Lipinski definition) is 2. The number of fused-ring (bicyclic) bond motifs is 2. The summed E-state index contributed by atoms with van der Waals surface area (Å²) >= 11 is 1.65. The van der Waals surface area contributed by atoms with E-state index in [1.807, 2.05) is 36.4 Å². The Morgan fingerprint density at radius 1 is 1.03 bits per heavy atom. The van der Waals surface area contributed by atoms with E-state index in [0.717, 1.165) is 71.0 Å². The van der Waals surface area contributed by atoms with Crippen LogP contribution in [0.3, 0.4) is 0 Å². The van der Waals surface area contributed by atoms with Crippen LogP contribution < -0.4 is 5.32 Å². The van der Waals surface area contributed by atoms with Crippen molar-refractivity contribution in [3.63, 3.8) is 0 Å². The highest BCUT2D eigenvalue weighted by atomic mass is 35.5. The summed E-state index contributed by atoms with van der Waals surface area (Å²) in [5.41, 5.74) is 5.07. The van der Waals surface area contributed by atoms with Gasteiger partial charge in [-0.1, -0.05) is 30.3 Å². The fourth-order valence-electron chi connectivity index (χ4n) is 4.54. The molecule has 3 aromatic heterocycles. The zero-order chi connectivity index (χ0) is 23.3. The number of carboxylic acids is 1. The van der Waals surface area contributed by atoms with Crippen LogP contribution in [0.4, 0.5) is 5.82 Å². The number of pyridine rings is 2. The molecule has 2 N–H and O–H groups in total.